The third kappa shape index (κ3) is 71.4. The molecular weight excluding hydrogens is 1130 g/mol. The second-order valence-corrected chi connectivity index (χ2v) is 24.5. The largest absolute Gasteiger partial charge is 0.756 e. The number of likely N-dealkylation sites (N-methyl/N-ethyl adjacent to an activating group) is 1. The number of nitrogens with zero attached hydrogens (tertiary/aromatic N) is 1. The molecule has 0 radical (unpaired) electrons. The highest BCUT2D eigenvalue weighted by Gasteiger charge is 2.22. The molecule has 0 aromatic heterocycles. The van der Waals surface area contributed by atoms with Crippen LogP contribution in [0, 0.1) is 0 Å². The van der Waals surface area contributed by atoms with Crippen LogP contribution in [0.4, 0.5) is 0 Å². The Hall–Kier alpha value is -5.67. The maximum absolute atomic E-state index is 12.8. The minimum atomic E-state index is -4.67. The molecule has 0 N–H and O–H groups in total. The van der Waals surface area contributed by atoms with E-state index in [-0.39, 0.29) is 26.1 Å². The van der Waals surface area contributed by atoms with Crippen molar-refractivity contribution >= 4 is 19.8 Å². The van der Waals surface area contributed by atoms with Crippen molar-refractivity contribution in [3.63, 3.8) is 0 Å². The molecule has 0 heterocycles. The van der Waals surface area contributed by atoms with E-state index in [1.54, 1.807) is 0 Å². The highest BCUT2D eigenvalue weighted by molar-refractivity contribution is 7.45. The third-order valence-electron chi connectivity index (χ3n) is 13.5. The van der Waals surface area contributed by atoms with E-state index in [0.29, 0.717) is 23.9 Å². The van der Waals surface area contributed by atoms with Crippen LogP contribution in [-0.4, -0.2) is 70.0 Å². The predicted octanol–water partition coefficient (Wildman–Crippen LogP) is 22.2. The number of carbonyl (C=O) groups excluding carboxylic acids is 2. The summed E-state index contributed by atoms with van der Waals surface area (Å²) in [5.74, 6) is -0.914. The number of carbonyl (C=O) groups is 2. The summed E-state index contributed by atoms with van der Waals surface area (Å²) in [6, 6.07) is 0. The summed E-state index contributed by atoms with van der Waals surface area (Å²) in [5, 5.41) is 0. The van der Waals surface area contributed by atoms with Gasteiger partial charge in [0.2, 0.25) is 0 Å². The van der Waals surface area contributed by atoms with Crippen LogP contribution in [0.5, 0.6) is 0 Å². The van der Waals surface area contributed by atoms with Gasteiger partial charge < -0.3 is 27.9 Å². The van der Waals surface area contributed by atoms with Gasteiger partial charge in [0.15, 0.2) is 6.10 Å². The topological polar surface area (TPSA) is 111 Å². The Morgan fingerprint density at radius 3 is 0.911 bits per heavy atom. The Balaban J connectivity index is 4.27. The minimum Gasteiger partial charge on any atom is -0.756 e. The monoisotopic (exact) mass is 1260 g/mol. The number of hydrogen-bond acceptors (Lipinski definition) is 8. The van der Waals surface area contributed by atoms with E-state index in [4.69, 9.17) is 18.5 Å². The van der Waals surface area contributed by atoms with Crippen LogP contribution in [0.25, 0.3) is 0 Å². The summed E-state index contributed by atoms with van der Waals surface area (Å²) in [6.07, 6.45) is 109. The van der Waals surface area contributed by atoms with Crippen molar-refractivity contribution in [1.29, 1.82) is 0 Å². The second kappa shape index (κ2) is 67.7. The van der Waals surface area contributed by atoms with Gasteiger partial charge in [0, 0.05) is 12.8 Å². The van der Waals surface area contributed by atoms with E-state index in [9.17, 15) is 19.0 Å². The van der Waals surface area contributed by atoms with Gasteiger partial charge in [0.25, 0.3) is 7.82 Å². The molecule has 0 spiro atoms. The smallest absolute Gasteiger partial charge is 0.306 e. The molecule has 0 aromatic rings. The first-order valence-electron chi connectivity index (χ1n) is 34.4. The van der Waals surface area contributed by atoms with Gasteiger partial charge in [0.05, 0.1) is 27.7 Å². The summed E-state index contributed by atoms with van der Waals surface area (Å²) in [6.45, 7) is 3.91. The van der Waals surface area contributed by atoms with Crippen molar-refractivity contribution in [2.75, 3.05) is 47.5 Å². The summed E-state index contributed by atoms with van der Waals surface area (Å²) >= 11 is 0. The highest BCUT2D eigenvalue weighted by atomic mass is 31.2. The van der Waals surface area contributed by atoms with Crippen LogP contribution < -0.4 is 4.89 Å². The number of ether oxygens (including phenoxy) is 2. The molecule has 2 atom stereocenters. The molecule has 0 fully saturated rings. The predicted molar refractivity (Wildman–Crippen MR) is 387 cm³/mol. The van der Waals surface area contributed by atoms with Crippen molar-refractivity contribution in [3.8, 4) is 0 Å². The van der Waals surface area contributed by atoms with Crippen molar-refractivity contribution in [2.45, 2.75) is 225 Å². The fourth-order valence-electron chi connectivity index (χ4n) is 8.29. The molecule has 0 aliphatic heterocycles. The van der Waals surface area contributed by atoms with Crippen molar-refractivity contribution in [3.05, 3.63) is 219 Å². The number of phosphoric acid groups is 1. The van der Waals surface area contributed by atoms with E-state index < -0.39 is 32.5 Å². The molecule has 0 aliphatic rings. The lowest BCUT2D eigenvalue weighted by molar-refractivity contribution is -0.870. The van der Waals surface area contributed by atoms with Crippen LogP contribution in [0.3, 0.4) is 0 Å². The summed E-state index contributed by atoms with van der Waals surface area (Å²) in [7, 11) is 1.10. The third-order valence-corrected chi connectivity index (χ3v) is 14.5. The molecule has 0 saturated carbocycles. The summed E-state index contributed by atoms with van der Waals surface area (Å²) in [4.78, 5) is 38.0. The molecule has 10 heteroatoms. The van der Waals surface area contributed by atoms with Crippen molar-refractivity contribution in [1.82, 2.24) is 0 Å². The fraction of sp³-hybridized carbons (Fsp3) is 0.525. The zero-order valence-corrected chi connectivity index (χ0v) is 57.9. The van der Waals surface area contributed by atoms with Gasteiger partial charge in [-0.05, 0) is 154 Å². The fourth-order valence-corrected chi connectivity index (χ4v) is 9.01. The minimum absolute atomic E-state index is 0.0541. The van der Waals surface area contributed by atoms with Crippen LogP contribution >= 0.6 is 7.82 Å². The van der Waals surface area contributed by atoms with Gasteiger partial charge in [-0.25, -0.2) is 0 Å². The lowest BCUT2D eigenvalue weighted by Gasteiger charge is -2.28. The van der Waals surface area contributed by atoms with E-state index in [1.165, 1.54) is 25.7 Å². The number of rotatable bonds is 60. The normalized spacial score (nSPS) is 14.5. The quantitative estimate of drug-likeness (QED) is 0.0195. The summed E-state index contributed by atoms with van der Waals surface area (Å²) in [5.41, 5.74) is 0. The number of allylic oxidation sites excluding steroid dienone is 36. The Bertz CT molecular complexity index is 2320. The number of quaternary nitrogens is 1. The molecule has 0 aromatic carbocycles. The number of phosphoric ester groups is 1. The SMILES string of the molecule is CC/C=C\C/C=C\C/C=C\C/C=C\C/C=C\C/C=C\C/C=C\C/C=C\C/C=C\C/C=C\CCCCC(=O)OC(COC(=O)CCCCCCCCCC/C=C\C/C=C\C/C=C\C/C=C\C/C=C\C/C=C\C/C=C\C/C=C\CC)COP(=O)([O-])OCC[N+](C)(C)C. The lowest BCUT2D eigenvalue weighted by atomic mass is 10.1. The maximum atomic E-state index is 12.8. The molecule has 0 rings (SSSR count). The van der Waals surface area contributed by atoms with Crippen molar-refractivity contribution < 1.29 is 42.1 Å². The average molecular weight is 1260 g/mol. The zero-order chi connectivity index (χ0) is 65.5. The molecular formula is C80H124NO8P. The first-order valence-corrected chi connectivity index (χ1v) is 35.9. The summed E-state index contributed by atoms with van der Waals surface area (Å²) < 4.78 is 34.2. The molecule has 0 amide bonds. The lowest BCUT2D eigenvalue weighted by Crippen LogP contribution is -2.37. The molecule has 0 aliphatic carbocycles. The Morgan fingerprint density at radius 1 is 0.344 bits per heavy atom. The van der Waals surface area contributed by atoms with Gasteiger partial charge in [-0.1, -0.05) is 271 Å². The second-order valence-electron chi connectivity index (χ2n) is 23.1. The molecule has 0 saturated heterocycles. The van der Waals surface area contributed by atoms with Gasteiger partial charge in [-0.3, -0.25) is 14.2 Å². The standard InChI is InChI=1S/C80H124NO8P/c1-6-8-10-12-14-16-18-20-22-24-26-28-30-32-34-36-38-40-42-44-46-48-50-52-54-56-58-60-62-64-66-68-70-72-79(82)86-76-78(77-88-90(84,85)87-75-74-81(3,4)5)89-80(83)73-71-69-67-65-63-61-59-57-55-53-51-49-47-45-43-41-39-37-35-33-31-29-27-25-23-21-19-17-15-13-11-9-7-2/h8-11,14-17,20-23,26-29,32-35,38-41,44-47,50-53,57,59,63,65,78H,6-7,12-13,18-19,24-25,30-31,36-37,42-43,48-49,54-56,58,60-62,64,66-77H2,1-5H3/b10-8-,11-9-,16-14-,17-15-,22-20-,23-21-,28-26-,29-27-,34-32-,35-33-,40-38-,41-39-,46-44-,47-45-,52-50-,53-51-,59-57-,65-63-. The average Bonchev–Trinajstić information content (AvgIpc) is 3.58. The molecule has 90 heavy (non-hydrogen) atoms. The van der Waals surface area contributed by atoms with Crippen LogP contribution in [-0.2, 0) is 32.7 Å². The van der Waals surface area contributed by atoms with Gasteiger partial charge in [0.1, 0.15) is 19.8 Å². The van der Waals surface area contributed by atoms with Gasteiger partial charge >= 0.3 is 11.9 Å². The van der Waals surface area contributed by atoms with E-state index in [2.05, 4.69) is 233 Å². The number of hydrogen-bond donors (Lipinski definition) is 0. The van der Waals surface area contributed by atoms with Gasteiger partial charge in [-0.15, -0.1) is 0 Å². The molecule has 9 nitrogen and oxygen atoms in total. The van der Waals surface area contributed by atoms with Crippen LogP contribution in [0.15, 0.2) is 219 Å². The molecule has 0 bridgehead atoms. The Labute approximate surface area is 550 Å². The first kappa shape index (κ1) is 84.3. The zero-order valence-electron chi connectivity index (χ0n) is 57.0. The Morgan fingerprint density at radius 2 is 0.600 bits per heavy atom. The Kier molecular flexibility index (Phi) is 63.4. The van der Waals surface area contributed by atoms with E-state index >= 15 is 0 Å². The van der Waals surface area contributed by atoms with Crippen LogP contribution in [0.2, 0.25) is 0 Å². The maximum Gasteiger partial charge on any atom is 0.306 e. The van der Waals surface area contributed by atoms with Crippen LogP contribution in [0.1, 0.15) is 219 Å². The number of esters is 2. The van der Waals surface area contributed by atoms with E-state index in [0.717, 1.165) is 154 Å². The molecule has 2 unspecified atom stereocenters. The van der Waals surface area contributed by atoms with Gasteiger partial charge in [-0.2, -0.15) is 0 Å². The first-order chi connectivity index (χ1) is 44.0. The molecule has 502 valence electrons. The van der Waals surface area contributed by atoms with Crippen molar-refractivity contribution in [2.24, 2.45) is 0 Å². The van der Waals surface area contributed by atoms with E-state index in [1.807, 2.05) is 21.1 Å². The highest BCUT2D eigenvalue weighted by Crippen LogP contribution is 2.38. The number of unbranched alkanes of at least 4 members (excludes halogenated alkanes) is 10.